The van der Waals surface area contributed by atoms with Gasteiger partial charge in [-0.15, -0.1) is 0 Å². The smallest absolute Gasteiger partial charge is 0.419 e. The molecule has 1 saturated heterocycles. The van der Waals surface area contributed by atoms with Gasteiger partial charge in [0.15, 0.2) is 0 Å². The van der Waals surface area contributed by atoms with Crippen molar-refractivity contribution in [2.75, 3.05) is 19.8 Å². The maximum absolute atomic E-state index is 13.1. The van der Waals surface area contributed by atoms with Crippen LogP contribution in [0.5, 0.6) is 5.75 Å². The van der Waals surface area contributed by atoms with Crippen LogP contribution >= 0.6 is 0 Å². The fourth-order valence-electron chi connectivity index (χ4n) is 3.98. The molecule has 7 nitrogen and oxygen atoms in total. The molecule has 0 radical (unpaired) electrons. The second-order valence-electron chi connectivity index (χ2n) is 8.30. The predicted molar refractivity (Wildman–Crippen MR) is 115 cm³/mol. The number of nitrogens with one attached hydrogen (secondary N) is 1. The van der Waals surface area contributed by atoms with Crippen molar-refractivity contribution in [3.8, 4) is 5.75 Å². The van der Waals surface area contributed by atoms with Crippen LogP contribution in [0.3, 0.4) is 0 Å². The number of carbonyl (C=O) groups is 3. The zero-order valence-corrected chi connectivity index (χ0v) is 18.4. The highest BCUT2D eigenvalue weighted by Crippen LogP contribution is 2.36. The maximum Gasteiger partial charge on any atom is 0.419 e. The lowest BCUT2D eigenvalue weighted by molar-refractivity contribution is -0.139. The fraction of sp³-hybridized carbons (Fsp3) is 0.375. The first-order valence-corrected chi connectivity index (χ1v) is 10.9. The van der Waals surface area contributed by atoms with Crippen molar-refractivity contribution in [2.24, 2.45) is 0 Å². The van der Waals surface area contributed by atoms with Crippen LogP contribution in [0.2, 0.25) is 0 Å². The van der Waals surface area contributed by atoms with Gasteiger partial charge in [-0.05, 0) is 50.1 Å². The molecule has 2 unspecified atom stereocenters. The van der Waals surface area contributed by atoms with E-state index in [9.17, 15) is 27.6 Å². The molecular formula is C24H23F3N2O5. The van der Waals surface area contributed by atoms with Crippen molar-refractivity contribution in [1.29, 1.82) is 0 Å². The van der Waals surface area contributed by atoms with Crippen LogP contribution in [0, 0.1) is 0 Å². The lowest BCUT2D eigenvalue weighted by Crippen LogP contribution is -2.37. The van der Waals surface area contributed by atoms with Crippen molar-refractivity contribution < 1.29 is 37.0 Å². The summed E-state index contributed by atoms with van der Waals surface area (Å²) in [6.07, 6.45) is -3.10. The van der Waals surface area contributed by atoms with E-state index in [4.69, 9.17) is 9.47 Å². The number of imide groups is 1. The minimum Gasteiger partial charge on any atom is -0.491 e. The molecule has 3 amide bonds. The number of ether oxygens (including phenoxy) is 2. The van der Waals surface area contributed by atoms with E-state index in [-0.39, 0.29) is 41.7 Å². The highest BCUT2D eigenvalue weighted by molar-refractivity contribution is 6.22. The Bertz CT molecular complexity index is 1110. The molecule has 2 atom stereocenters. The molecule has 0 aromatic heterocycles. The summed E-state index contributed by atoms with van der Waals surface area (Å²) in [5, 5.41) is 2.64. The van der Waals surface area contributed by atoms with Gasteiger partial charge in [-0.1, -0.05) is 12.1 Å². The van der Waals surface area contributed by atoms with Crippen molar-refractivity contribution in [1.82, 2.24) is 10.2 Å². The molecule has 0 spiro atoms. The van der Waals surface area contributed by atoms with Crippen LogP contribution in [-0.2, 0) is 10.9 Å². The Balaban J connectivity index is 1.39. The molecule has 2 aliphatic rings. The molecule has 4 rings (SSSR count). The van der Waals surface area contributed by atoms with E-state index in [1.807, 2.05) is 0 Å². The number of hydrogen-bond acceptors (Lipinski definition) is 5. The van der Waals surface area contributed by atoms with E-state index in [2.05, 4.69) is 5.32 Å². The SMILES string of the molecule is CC(COc1ccccc1C(F)(F)F)NC(=O)c1ccc2c(c1)C(=O)N(CC1CCCO1)C2=O. The van der Waals surface area contributed by atoms with E-state index in [0.717, 1.165) is 23.8 Å². The van der Waals surface area contributed by atoms with Crippen molar-refractivity contribution in [3.05, 3.63) is 64.7 Å². The Morgan fingerprint density at radius 2 is 1.91 bits per heavy atom. The zero-order chi connectivity index (χ0) is 24.5. The van der Waals surface area contributed by atoms with E-state index in [1.165, 1.54) is 36.4 Å². The highest BCUT2D eigenvalue weighted by Gasteiger charge is 2.38. The Labute approximate surface area is 193 Å². The fourth-order valence-corrected chi connectivity index (χ4v) is 3.98. The van der Waals surface area contributed by atoms with Gasteiger partial charge in [0, 0.05) is 12.2 Å². The molecule has 1 fully saturated rings. The van der Waals surface area contributed by atoms with Crippen molar-refractivity contribution in [2.45, 2.75) is 38.1 Å². The first kappa shape index (κ1) is 23.7. The lowest BCUT2D eigenvalue weighted by atomic mass is 10.1. The van der Waals surface area contributed by atoms with Gasteiger partial charge in [0.05, 0.1) is 35.4 Å². The topological polar surface area (TPSA) is 84.9 Å². The van der Waals surface area contributed by atoms with E-state index in [0.29, 0.717) is 6.61 Å². The molecule has 10 heteroatoms. The molecule has 2 aliphatic heterocycles. The van der Waals surface area contributed by atoms with Crippen LogP contribution < -0.4 is 10.1 Å². The van der Waals surface area contributed by atoms with Gasteiger partial charge in [-0.3, -0.25) is 19.3 Å². The molecule has 1 N–H and O–H groups in total. The Morgan fingerprint density at radius 3 is 2.62 bits per heavy atom. The Morgan fingerprint density at radius 1 is 1.18 bits per heavy atom. The number of halogens is 3. The number of carbonyl (C=O) groups excluding carboxylic acids is 3. The van der Waals surface area contributed by atoms with Crippen LogP contribution in [0.4, 0.5) is 13.2 Å². The molecule has 34 heavy (non-hydrogen) atoms. The third-order valence-electron chi connectivity index (χ3n) is 5.70. The summed E-state index contributed by atoms with van der Waals surface area (Å²) in [6, 6.07) is 8.42. The number of benzene rings is 2. The Hall–Kier alpha value is -3.40. The first-order valence-electron chi connectivity index (χ1n) is 10.9. The summed E-state index contributed by atoms with van der Waals surface area (Å²) in [5.74, 6) is -1.78. The number of hydrogen-bond donors (Lipinski definition) is 1. The van der Waals surface area contributed by atoms with Crippen LogP contribution in [0.25, 0.3) is 0 Å². The second kappa shape index (κ2) is 9.46. The standard InChI is InChI=1S/C24H23F3N2O5/c1-14(13-34-20-7-3-2-6-19(20)24(25,26)27)28-21(30)15-8-9-17-18(11-15)23(32)29(22(17)31)12-16-5-4-10-33-16/h2-3,6-9,11,14,16H,4-5,10,12-13H2,1H3,(H,28,30). The summed E-state index contributed by atoms with van der Waals surface area (Å²) >= 11 is 0. The largest absolute Gasteiger partial charge is 0.491 e. The number of alkyl halides is 3. The third kappa shape index (κ3) is 4.91. The van der Waals surface area contributed by atoms with E-state index >= 15 is 0 Å². The van der Waals surface area contributed by atoms with Gasteiger partial charge >= 0.3 is 6.18 Å². The van der Waals surface area contributed by atoms with Gasteiger partial charge in [0.2, 0.25) is 0 Å². The minimum atomic E-state index is -4.56. The summed E-state index contributed by atoms with van der Waals surface area (Å²) in [5.41, 5.74) is -0.386. The zero-order valence-electron chi connectivity index (χ0n) is 18.4. The van der Waals surface area contributed by atoms with Crippen LogP contribution in [0.15, 0.2) is 42.5 Å². The van der Waals surface area contributed by atoms with Gasteiger partial charge in [-0.2, -0.15) is 13.2 Å². The number of amides is 3. The molecule has 0 aliphatic carbocycles. The molecular weight excluding hydrogens is 453 g/mol. The summed E-state index contributed by atoms with van der Waals surface area (Å²) in [6.45, 7) is 2.15. The second-order valence-corrected chi connectivity index (χ2v) is 8.30. The highest BCUT2D eigenvalue weighted by atomic mass is 19.4. The molecule has 0 saturated carbocycles. The monoisotopic (exact) mass is 476 g/mol. The van der Waals surface area contributed by atoms with Crippen molar-refractivity contribution >= 4 is 17.7 Å². The van der Waals surface area contributed by atoms with E-state index < -0.39 is 35.5 Å². The number of fused-ring (bicyclic) bond motifs is 1. The quantitative estimate of drug-likeness (QED) is 0.617. The molecule has 2 aromatic carbocycles. The normalized spacial score (nSPS) is 18.7. The number of rotatable bonds is 7. The van der Waals surface area contributed by atoms with Gasteiger partial charge in [0.1, 0.15) is 12.4 Å². The van der Waals surface area contributed by atoms with Gasteiger partial charge < -0.3 is 14.8 Å². The average Bonchev–Trinajstić information content (AvgIpc) is 3.40. The summed E-state index contributed by atoms with van der Waals surface area (Å²) in [4.78, 5) is 39.2. The van der Waals surface area contributed by atoms with Crippen LogP contribution in [0.1, 0.15) is 56.4 Å². The molecule has 0 bridgehead atoms. The van der Waals surface area contributed by atoms with E-state index in [1.54, 1.807) is 6.92 Å². The molecule has 2 heterocycles. The molecule has 180 valence electrons. The minimum absolute atomic E-state index is 0.138. The first-order chi connectivity index (χ1) is 16.1. The Kier molecular flexibility index (Phi) is 6.60. The van der Waals surface area contributed by atoms with Crippen LogP contribution in [-0.4, -0.2) is 54.5 Å². The number of para-hydroxylation sites is 1. The lowest BCUT2D eigenvalue weighted by Gasteiger charge is -2.18. The summed E-state index contributed by atoms with van der Waals surface area (Å²) in [7, 11) is 0. The van der Waals surface area contributed by atoms with Crippen molar-refractivity contribution in [3.63, 3.8) is 0 Å². The van der Waals surface area contributed by atoms with Gasteiger partial charge in [0.25, 0.3) is 17.7 Å². The third-order valence-corrected chi connectivity index (χ3v) is 5.70. The average molecular weight is 476 g/mol. The summed E-state index contributed by atoms with van der Waals surface area (Å²) < 4.78 is 50.1. The van der Waals surface area contributed by atoms with Gasteiger partial charge in [-0.25, -0.2) is 0 Å². The maximum atomic E-state index is 13.1. The number of nitrogens with zero attached hydrogens (tertiary/aromatic N) is 1. The predicted octanol–water partition coefficient (Wildman–Crippen LogP) is 3.68. The molecule has 2 aromatic rings.